The van der Waals surface area contributed by atoms with Crippen LogP contribution in [0.15, 0.2) is 18.2 Å². The van der Waals surface area contributed by atoms with E-state index in [1.807, 2.05) is 0 Å². The predicted molar refractivity (Wildman–Crippen MR) is 69.0 cm³/mol. The molecule has 0 aliphatic rings. The topological polar surface area (TPSA) is 38.3 Å². The number of esters is 1. The van der Waals surface area contributed by atoms with E-state index < -0.39 is 5.60 Å². The zero-order valence-electron chi connectivity index (χ0n) is 10.7. The minimum Gasteiger partial charge on any atom is -0.459 e. The van der Waals surface area contributed by atoms with E-state index in [-0.39, 0.29) is 24.9 Å². The van der Waals surface area contributed by atoms with Gasteiger partial charge in [-0.15, -0.1) is 0 Å². The fourth-order valence-electron chi connectivity index (χ4n) is 1.34. The predicted octanol–water partition coefficient (Wildman–Crippen LogP) is 2.91. The van der Waals surface area contributed by atoms with Crippen LogP contribution in [0.3, 0.4) is 0 Å². The molecule has 1 rings (SSSR count). The second-order valence-corrected chi connectivity index (χ2v) is 5.36. The number of hydrogen-bond acceptors (Lipinski definition) is 3. The van der Waals surface area contributed by atoms with Gasteiger partial charge in [0.2, 0.25) is 0 Å². The summed E-state index contributed by atoms with van der Waals surface area (Å²) in [6, 6.07) is 4.43. The van der Waals surface area contributed by atoms with E-state index in [0.717, 1.165) is 0 Å². The van der Waals surface area contributed by atoms with Crippen LogP contribution in [-0.2, 0) is 16.1 Å². The summed E-state index contributed by atoms with van der Waals surface area (Å²) in [5.74, 6) is -0.754. The third-order valence-electron chi connectivity index (χ3n) is 2.02. The van der Waals surface area contributed by atoms with E-state index in [9.17, 15) is 9.18 Å². The van der Waals surface area contributed by atoms with Crippen molar-refractivity contribution < 1.29 is 13.9 Å². The van der Waals surface area contributed by atoms with Gasteiger partial charge in [-0.25, -0.2) is 4.39 Å². The Morgan fingerprint density at radius 1 is 1.44 bits per heavy atom. The van der Waals surface area contributed by atoms with Crippen molar-refractivity contribution >= 4 is 17.6 Å². The zero-order valence-corrected chi connectivity index (χ0v) is 11.5. The van der Waals surface area contributed by atoms with Crippen molar-refractivity contribution in [2.45, 2.75) is 32.9 Å². The second-order valence-electron chi connectivity index (χ2n) is 4.93. The monoisotopic (exact) mass is 273 g/mol. The Labute approximate surface area is 111 Å². The molecule has 18 heavy (non-hydrogen) atoms. The van der Waals surface area contributed by atoms with E-state index in [2.05, 4.69) is 5.32 Å². The Bertz CT molecular complexity index is 429. The standard InChI is InChI=1S/C13H17ClFNO2/c1-13(2,3)18-12(17)8-16-7-9-4-5-10(14)6-11(9)15/h4-6,16H,7-8H2,1-3H3. The molecule has 100 valence electrons. The van der Waals surface area contributed by atoms with Gasteiger partial charge in [-0.2, -0.15) is 0 Å². The Hall–Kier alpha value is -1.13. The molecule has 0 fully saturated rings. The molecule has 1 aromatic rings. The van der Waals surface area contributed by atoms with Crippen LogP contribution in [0.1, 0.15) is 26.3 Å². The smallest absolute Gasteiger partial charge is 0.320 e. The number of nitrogens with one attached hydrogen (secondary N) is 1. The van der Waals surface area contributed by atoms with Gasteiger partial charge in [0, 0.05) is 17.1 Å². The quantitative estimate of drug-likeness (QED) is 0.858. The minimum absolute atomic E-state index is 0.0410. The van der Waals surface area contributed by atoms with Crippen LogP contribution >= 0.6 is 11.6 Å². The molecule has 5 heteroatoms. The number of ether oxygens (including phenoxy) is 1. The van der Waals surface area contributed by atoms with Crippen molar-refractivity contribution in [2.75, 3.05) is 6.54 Å². The number of rotatable bonds is 4. The molecule has 0 bridgehead atoms. The van der Waals surface area contributed by atoms with Gasteiger partial charge in [0.25, 0.3) is 0 Å². The molecule has 0 spiro atoms. The van der Waals surface area contributed by atoms with Crippen LogP contribution in [0.2, 0.25) is 5.02 Å². The van der Waals surface area contributed by atoms with Gasteiger partial charge in [-0.3, -0.25) is 4.79 Å². The maximum atomic E-state index is 13.4. The summed E-state index contributed by atoms with van der Waals surface area (Å²) in [6.45, 7) is 5.68. The first-order chi connectivity index (χ1) is 8.28. The van der Waals surface area contributed by atoms with Crippen molar-refractivity contribution in [3.05, 3.63) is 34.6 Å². The lowest BCUT2D eigenvalue weighted by molar-refractivity contribution is -0.153. The molecule has 0 aliphatic heterocycles. The van der Waals surface area contributed by atoms with Crippen LogP contribution in [0.4, 0.5) is 4.39 Å². The van der Waals surface area contributed by atoms with Gasteiger partial charge >= 0.3 is 5.97 Å². The molecule has 0 atom stereocenters. The Morgan fingerprint density at radius 2 is 2.11 bits per heavy atom. The average molecular weight is 274 g/mol. The van der Waals surface area contributed by atoms with Crippen LogP contribution in [0.5, 0.6) is 0 Å². The van der Waals surface area contributed by atoms with Crippen LogP contribution < -0.4 is 5.32 Å². The Balaban J connectivity index is 2.40. The highest BCUT2D eigenvalue weighted by molar-refractivity contribution is 6.30. The van der Waals surface area contributed by atoms with Crippen molar-refractivity contribution in [3.63, 3.8) is 0 Å². The Kier molecular flexibility index (Phi) is 5.11. The summed E-state index contributed by atoms with van der Waals surface area (Å²) in [6.07, 6.45) is 0. The maximum Gasteiger partial charge on any atom is 0.320 e. The first-order valence-electron chi connectivity index (χ1n) is 5.64. The van der Waals surface area contributed by atoms with Crippen LogP contribution in [0, 0.1) is 5.82 Å². The van der Waals surface area contributed by atoms with Gasteiger partial charge in [-0.1, -0.05) is 17.7 Å². The van der Waals surface area contributed by atoms with E-state index in [4.69, 9.17) is 16.3 Å². The molecule has 3 nitrogen and oxygen atoms in total. The van der Waals surface area contributed by atoms with Gasteiger partial charge in [0.1, 0.15) is 11.4 Å². The van der Waals surface area contributed by atoms with E-state index >= 15 is 0 Å². The van der Waals surface area contributed by atoms with Crippen molar-refractivity contribution in [3.8, 4) is 0 Å². The van der Waals surface area contributed by atoms with Gasteiger partial charge in [-0.05, 0) is 32.9 Å². The lowest BCUT2D eigenvalue weighted by Crippen LogP contribution is -2.31. The first-order valence-corrected chi connectivity index (χ1v) is 6.02. The number of halogens is 2. The summed E-state index contributed by atoms with van der Waals surface area (Å²) in [4.78, 5) is 11.4. The summed E-state index contributed by atoms with van der Waals surface area (Å²) in [5.41, 5.74) is -0.0486. The summed E-state index contributed by atoms with van der Waals surface area (Å²) in [7, 11) is 0. The molecule has 0 unspecified atom stereocenters. The average Bonchev–Trinajstić information content (AvgIpc) is 2.18. The molecule has 0 radical (unpaired) electrons. The molecule has 1 aromatic carbocycles. The summed E-state index contributed by atoms with van der Waals surface area (Å²) in [5, 5.41) is 3.18. The highest BCUT2D eigenvalue weighted by Gasteiger charge is 2.15. The van der Waals surface area contributed by atoms with Gasteiger partial charge in [0.15, 0.2) is 0 Å². The normalized spacial score (nSPS) is 11.4. The maximum absolute atomic E-state index is 13.4. The van der Waals surface area contributed by atoms with E-state index in [1.165, 1.54) is 6.07 Å². The third-order valence-corrected chi connectivity index (χ3v) is 2.26. The molecule has 1 N–H and O–H groups in total. The molecule has 0 saturated carbocycles. The number of carbonyl (C=O) groups is 1. The molecule has 0 aromatic heterocycles. The van der Waals surface area contributed by atoms with Crippen molar-refractivity contribution in [1.29, 1.82) is 0 Å². The zero-order chi connectivity index (χ0) is 13.8. The van der Waals surface area contributed by atoms with Gasteiger partial charge < -0.3 is 10.1 Å². The SMILES string of the molecule is CC(C)(C)OC(=O)CNCc1ccc(Cl)cc1F. The molecule has 0 saturated heterocycles. The second kappa shape index (κ2) is 6.16. The Morgan fingerprint density at radius 3 is 2.67 bits per heavy atom. The lowest BCUT2D eigenvalue weighted by atomic mass is 10.2. The van der Waals surface area contributed by atoms with Crippen molar-refractivity contribution in [1.82, 2.24) is 5.32 Å². The number of benzene rings is 1. The minimum atomic E-state index is -0.510. The van der Waals surface area contributed by atoms with E-state index in [1.54, 1.807) is 32.9 Å². The summed E-state index contributed by atoms with van der Waals surface area (Å²) < 4.78 is 18.5. The van der Waals surface area contributed by atoms with Crippen LogP contribution in [-0.4, -0.2) is 18.1 Å². The van der Waals surface area contributed by atoms with E-state index in [0.29, 0.717) is 10.6 Å². The fraction of sp³-hybridized carbons (Fsp3) is 0.462. The lowest BCUT2D eigenvalue weighted by Gasteiger charge is -2.19. The highest BCUT2D eigenvalue weighted by atomic mass is 35.5. The molecule has 0 heterocycles. The molecular weight excluding hydrogens is 257 g/mol. The molecule has 0 amide bonds. The van der Waals surface area contributed by atoms with Gasteiger partial charge in [0.05, 0.1) is 6.54 Å². The fourth-order valence-corrected chi connectivity index (χ4v) is 1.50. The first kappa shape index (κ1) is 14.9. The van der Waals surface area contributed by atoms with Crippen molar-refractivity contribution in [2.24, 2.45) is 0 Å². The molecular formula is C13H17ClFNO2. The molecule has 0 aliphatic carbocycles. The highest BCUT2D eigenvalue weighted by Crippen LogP contribution is 2.14. The largest absolute Gasteiger partial charge is 0.459 e. The third kappa shape index (κ3) is 5.47. The number of carbonyl (C=O) groups excluding carboxylic acids is 1. The summed E-state index contributed by atoms with van der Waals surface area (Å²) >= 11 is 5.64. The van der Waals surface area contributed by atoms with Crippen LogP contribution in [0.25, 0.3) is 0 Å². The number of hydrogen-bond donors (Lipinski definition) is 1.